The number of benzene rings is 1. The molecule has 3 N–H and O–H groups in total. The minimum absolute atomic E-state index is 0.287. The highest BCUT2D eigenvalue weighted by atomic mass is 19.1. The summed E-state index contributed by atoms with van der Waals surface area (Å²) in [6.45, 7) is 0. The van der Waals surface area contributed by atoms with Gasteiger partial charge in [0.15, 0.2) is 0 Å². The monoisotopic (exact) mass is 270 g/mol. The van der Waals surface area contributed by atoms with Gasteiger partial charge in [0, 0.05) is 34.3 Å². The third kappa shape index (κ3) is 1.55. The molecule has 0 saturated heterocycles. The molecule has 20 heavy (non-hydrogen) atoms. The van der Waals surface area contributed by atoms with Crippen molar-refractivity contribution in [3.63, 3.8) is 0 Å². The van der Waals surface area contributed by atoms with Crippen LogP contribution in [0.1, 0.15) is 0 Å². The number of fused-ring (bicyclic) bond motifs is 2. The van der Waals surface area contributed by atoms with Gasteiger partial charge in [0.1, 0.15) is 5.82 Å². The van der Waals surface area contributed by atoms with E-state index in [9.17, 15) is 9.18 Å². The lowest BCUT2D eigenvalue weighted by atomic mass is 10.1. The molecule has 3 heterocycles. The fraction of sp³-hybridized carbons (Fsp3) is 0. The van der Waals surface area contributed by atoms with Gasteiger partial charge in [0.2, 0.25) is 5.58 Å². The first-order valence-corrected chi connectivity index (χ1v) is 6.02. The van der Waals surface area contributed by atoms with Crippen molar-refractivity contribution in [3.05, 3.63) is 53.0 Å². The molecule has 0 unspecified atom stereocenters. The fourth-order valence-electron chi connectivity index (χ4n) is 2.37. The van der Waals surface area contributed by atoms with Crippen LogP contribution in [-0.4, -0.2) is 9.97 Å². The van der Waals surface area contributed by atoms with Gasteiger partial charge in [-0.3, -0.25) is 0 Å². The Kier molecular flexibility index (Phi) is 2.09. The summed E-state index contributed by atoms with van der Waals surface area (Å²) in [5.74, 6) is -0.793. The van der Waals surface area contributed by atoms with Crippen molar-refractivity contribution in [3.8, 4) is 11.1 Å². The second kappa shape index (κ2) is 3.80. The summed E-state index contributed by atoms with van der Waals surface area (Å²) >= 11 is 0. The fourth-order valence-corrected chi connectivity index (χ4v) is 2.37. The van der Waals surface area contributed by atoms with Crippen LogP contribution in [0, 0.1) is 5.82 Å². The molecule has 6 heteroatoms. The summed E-state index contributed by atoms with van der Waals surface area (Å²) in [7, 11) is 0. The third-order valence-corrected chi connectivity index (χ3v) is 3.29. The second-order valence-corrected chi connectivity index (χ2v) is 4.53. The molecule has 0 amide bonds. The van der Waals surface area contributed by atoms with E-state index < -0.39 is 5.76 Å². The molecule has 5 nitrogen and oxygen atoms in total. The Labute approximate surface area is 111 Å². The van der Waals surface area contributed by atoms with Gasteiger partial charge in [-0.25, -0.2) is 9.37 Å². The molecule has 0 fully saturated rings. The maximum Gasteiger partial charge on any atom is 0.510 e. The van der Waals surface area contributed by atoms with Crippen LogP contribution in [0.3, 0.4) is 0 Å². The van der Waals surface area contributed by atoms with Crippen molar-refractivity contribution < 1.29 is 13.8 Å². The number of H-pyrrole nitrogens is 3. The molecule has 0 aliphatic heterocycles. The number of rotatable bonds is 1. The van der Waals surface area contributed by atoms with E-state index in [0.717, 1.165) is 22.0 Å². The average molecular weight is 270 g/mol. The number of aromatic amines is 3. The molecule has 4 aromatic rings. The summed E-state index contributed by atoms with van der Waals surface area (Å²) in [6, 6.07) is 6.33. The largest absolute Gasteiger partial charge is 0.510 e. The Morgan fingerprint density at radius 2 is 2.15 bits per heavy atom. The lowest BCUT2D eigenvalue weighted by Crippen LogP contribution is -2.05. The van der Waals surface area contributed by atoms with Crippen LogP contribution in [0.5, 0.6) is 0 Å². The molecule has 0 atom stereocenters. The van der Waals surface area contributed by atoms with Crippen LogP contribution in [0.15, 0.2) is 45.9 Å². The van der Waals surface area contributed by atoms with Gasteiger partial charge < -0.3 is 9.40 Å². The van der Waals surface area contributed by atoms with Crippen molar-refractivity contribution in [1.29, 1.82) is 0 Å². The van der Waals surface area contributed by atoms with Crippen LogP contribution < -0.4 is 10.7 Å². The summed E-state index contributed by atoms with van der Waals surface area (Å²) in [5, 5.41) is 0.900. The highest BCUT2D eigenvalue weighted by Gasteiger charge is 2.13. The van der Waals surface area contributed by atoms with E-state index in [1.165, 1.54) is 12.1 Å². The molecule has 0 aliphatic rings. The highest BCUT2D eigenvalue weighted by molar-refractivity contribution is 5.96. The zero-order valence-electron chi connectivity index (χ0n) is 10.2. The van der Waals surface area contributed by atoms with Gasteiger partial charge in [-0.1, -0.05) is 0 Å². The number of aromatic nitrogens is 3. The summed E-state index contributed by atoms with van der Waals surface area (Å²) in [5.41, 5.74) is 3.45. The van der Waals surface area contributed by atoms with Crippen molar-refractivity contribution in [2.45, 2.75) is 0 Å². The molecule has 98 valence electrons. The SMILES string of the molecule is O=c1[nH]c2[nH+]cc(-c3c[nH]c4cc(F)ccc34)cc2o1. The molecule has 0 aliphatic carbocycles. The Hall–Kier alpha value is -2.89. The predicted molar refractivity (Wildman–Crippen MR) is 70.6 cm³/mol. The number of halogens is 1. The zero-order valence-corrected chi connectivity index (χ0v) is 10.2. The van der Waals surface area contributed by atoms with E-state index in [1.807, 2.05) is 0 Å². The second-order valence-electron chi connectivity index (χ2n) is 4.53. The molecule has 1 aromatic carbocycles. The van der Waals surface area contributed by atoms with Gasteiger partial charge in [0.25, 0.3) is 0 Å². The quantitative estimate of drug-likeness (QED) is 0.556. The first kappa shape index (κ1) is 11.0. The van der Waals surface area contributed by atoms with Gasteiger partial charge in [-0.15, -0.1) is 0 Å². The first-order chi connectivity index (χ1) is 9.70. The normalized spacial score (nSPS) is 11.4. The smallest absolute Gasteiger partial charge is 0.383 e. The molecule has 0 bridgehead atoms. The van der Waals surface area contributed by atoms with E-state index in [0.29, 0.717) is 11.2 Å². The topological polar surface area (TPSA) is 75.9 Å². The molecular formula is C14H9FN3O2+. The molecule has 0 spiro atoms. The number of pyridine rings is 1. The van der Waals surface area contributed by atoms with Crippen molar-refractivity contribution in [2.24, 2.45) is 0 Å². The number of hydrogen-bond acceptors (Lipinski definition) is 2. The highest BCUT2D eigenvalue weighted by Crippen LogP contribution is 2.29. The number of oxazole rings is 1. The van der Waals surface area contributed by atoms with Crippen LogP contribution in [0.2, 0.25) is 0 Å². The van der Waals surface area contributed by atoms with Crippen LogP contribution in [0.4, 0.5) is 4.39 Å². The van der Waals surface area contributed by atoms with Gasteiger partial charge in [-0.2, -0.15) is 9.78 Å². The van der Waals surface area contributed by atoms with Crippen molar-refractivity contribution >= 4 is 22.1 Å². The Morgan fingerprint density at radius 3 is 3.05 bits per heavy atom. The van der Waals surface area contributed by atoms with Crippen molar-refractivity contribution in [2.75, 3.05) is 0 Å². The maximum atomic E-state index is 13.2. The lowest BCUT2D eigenvalue weighted by molar-refractivity contribution is -0.346. The molecule has 4 rings (SSSR count). The minimum Gasteiger partial charge on any atom is -0.383 e. The summed E-state index contributed by atoms with van der Waals surface area (Å²) in [6.07, 6.45) is 3.56. The Morgan fingerprint density at radius 1 is 1.25 bits per heavy atom. The Balaban J connectivity index is 1.98. The molecule has 0 saturated carbocycles. The van der Waals surface area contributed by atoms with E-state index in [4.69, 9.17) is 4.42 Å². The Bertz CT molecular complexity index is 996. The summed E-state index contributed by atoms with van der Waals surface area (Å²) < 4.78 is 18.2. The first-order valence-electron chi connectivity index (χ1n) is 6.02. The maximum absolute atomic E-state index is 13.2. The lowest BCUT2D eigenvalue weighted by Gasteiger charge is -1.97. The zero-order chi connectivity index (χ0) is 13.7. The van der Waals surface area contributed by atoms with Gasteiger partial charge >= 0.3 is 11.4 Å². The van der Waals surface area contributed by atoms with Crippen LogP contribution >= 0.6 is 0 Å². The number of hydrogen-bond donors (Lipinski definition) is 2. The van der Waals surface area contributed by atoms with E-state index in [1.54, 1.807) is 24.5 Å². The number of nitrogens with one attached hydrogen (secondary N) is 3. The molecule has 0 radical (unpaired) electrons. The average Bonchev–Trinajstić information content (AvgIpc) is 2.99. The summed E-state index contributed by atoms with van der Waals surface area (Å²) in [4.78, 5) is 19.7. The molecule has 3 aromatic heterocycles. The van der Waals surface area contributed by atoms with Gasteiger partial charge in [-0.05, 0) is 18.2 Å². The standard InChI is InChI=1S/C14H8FN3O2/c15-8-1-2-9-10(6-16-11(9)4-8)7-3-12-13(17-5-7)18-14(19)20-12/h1-6,16H,(H,17,18,19)/p+1. The van der Waals surface area contributed by atoms with E-state index in [2.05, 4.69) is 15.0 Å². The minimum atomic E-state index is -0.505. The third-order valence-electron chi connectivity index (χ3n) is 3.29. The van der Waals surface area contributed by atoms with Gasteiger partial charge in [0.05, 0.1) is 6.20 Å². The van der Waals surface area contributed by atoms with Crippen LogP contribution in [0.25, 0.3) is 33.3 Å². The van der Waals surface area contributed by atoms with E-state index >= 15 is 0 Å². The van der Waals surface area contributed by atoms with E-state index in [-0.39, 0.29) is 5.82 Å². The van der Waals surface area contributed by atoms with Crippen LogP contribution in [-0.2, 0) is 0 Å². The predicted octanol–water partition coefficient (Wildman–Crippen LogP) is 2.22. The van der Waals surface area contributed by atoms with Crippen molar-refractivity contribution in [1.82, 2.24) is 9.97 Å². The molecular weight excluding hydrogens is 261 g/mol.